The van der Waals surface area contributed by atoms with Crippen molar-refractivity contribution in [3.8, 4) is 5.75 Å². The lowest BCUT2D eigenvalue weighted by Gasteiger charge is -2.29. The molecule has 0 bridgehead atoms. The monoisotopic (exact) mass is 301 g/mol. The van der Waals surface area contributed by atoms with Gasteiger partial charge in [0.15, 0.2) is 0 Å². The van der Waals surface area contributed by atoms with Crippen LogP contribution < -0.4 is 15.4 Å². The molecule has 22 heavy (non-hydrogen) atoms. The third-order valence-electron chi connectivity index (χ3n) is 4.92. The topological polar surface area (TPSA) is 53.6 Å². The van der Waals surface area contributed by atoms with Gasteiger partial charge >= 0.3 is 0 Å². The molecule has 3 heterocycles. The van der Waals surface area contributed by atoms with Crippen LogP contribution in [0.3, 0.4) is 0 Å². The van der Waals surface area contributed by atoms with Crippen LogP contribution in [-0.4, -0.2) is 49.6 Å². The number of anilines is 1. The van der Waals surface area contributed by atoms with Crippen molar-refractivity contribution in [2.45, 2.75) is 32.3 Å². The van der Waals surface area contributed by atoms with Crippen molar-refractivity contribution in [3.63, 3.8) is 0 Å². The summed E-state index contributed by atoms with van der Waals surface area (Å²) in [5.41, 5.74) is 4.66. The number of ether oxygens (including phenoxy) is 1. The van der Waals surface area contributed by atoms with Crippen molar-refractivity contribution in [2.75, 3.05) is 38.0 Å². The second-order valence-electron chi connectivity index (χ2n) is 6.58. The molecular formula is C17H23N3O2. The van der Waals surface area contributed by atoms with Gasteiger partial charge in [0.25, 0.3) is 0 Å². The van der Waals surface area contributed by atoms with Gasteiger partial charge in [-0.25, -0.2) is 0 Å². The summed E-state index contributed by atoms with van der Waals surface area (Å²) in [4.78, 5) is 14.1. The van der Waals surface area contributed by atoms with Crippen LogP contribution in [0.1, 0.15) is 23.1 Å². The summed E-state index contributed by atoms with van der Waals surface area (Å²) in [7, 11) is 0. The Bertz CT molecular complexity index is 608. The van der Waals surface area contributed by atoms with Crippen molar-refractivity contribution in [3.05, 3.63) is 22.8 Å². The van der Waals surface area contributed by atoms with E-state index in [2.05, 4.69) is 28.5 Å². The van der Waals surface area contributed by atoms with E-state index in [1.165, 1.54) is 11.1 Å². The zero-order valence-corrected chi connectivity index (χ0v) is 13.1. The maximum atomic E-state index is 11.6. The van der Waals surface area contributed by atoms with Crippen LogP contribution in [0.5, 0.6) is 5.75 Å². The number of carbonyl (C=O) groups excluding carboxylic acids is 1. The van der Waals surface area contributed by atoms with Gasteiger partial charge in [-0.3, -0.25) is 9.69 Å². The Morgan fingerprint density at radius 2 is 2.14 bits per heavy atom. The highest BCUT2D eigenvalue weighted by molar-refractivity contribution is 5.95. The molecule has 5 nitrogen and oxygen atoms in total. The Morgan fingerprint density at radius 3 is 2.95 bits per heavy atom. The fourth-order valence-corrected chi connectivity index (χ4v) is 3.83. The Balaban J connectivity index is 1.54. The molecule has 0 aliphatic carbocycles. The molecule has 2 N–H and O–H groups in total. The van der Waals surface area contributed by atoms with Crippen molar-refractivity contribution < 1.29 is 9.53 Å². The lowest BCUT2D eigenvalue weighted by Crippen LogP contribution is -2.47. The summed E-state index contributed by atoms with van der Waals surface area (Å²) in [5.74, 6) is 1.16. The van der Waals surface area contributed by atoms with Gasteiger partial charge in [-0.2, -0.15) is 0 Å². The molecule has 0 aromatic heterocycles. The van der Waals surface area contributed by atoms with Gasteiger partial charge in [-0.05, 0) is 24.5 Å². The summed E-state index contributed by atoms with van der Waals surface area (Å²) in [6.45, 7) is 7.41. The fourth-order valence-electron chi connectivity index (χ4n) is 3.83. The smallest absolute Gasteiger partial charge is 0.224 e. The molecule has 1 atom stereocenters. The van der Waals surface area contributed by atoms with Gasteiger partial charge in [-0.15, -0.1) is 0 Å². The number of benzene rings is 1. The number of nitrogens with one attached hydrogen (secondary N) is 2. The number of hydrogen-bond acceptors (Lipinski definition) is 4. The molecule has 4 rings (SSSR count). The number of piperazine rings is 1. The zero-order valence-electron chi connectivity index (χ0n) is 13.1. The SMILES string of the molecule is Cc1cc2c(c3c1NC(=O)CC3)OC(CN1CCNCC1)C2. The predicted octanol–water partition coefficient (Wildman–Crippen LogP) is 1.09. The first kappa shape index (κ1) is 14.0. The number of hydrogen-bond donors (Lipinski definition) is 2. The largest absolute Gasteiger partial charge is 0.488 e. The Morgan fingerprint density at radius 1 is 1.32 bits per heavy atom. The molecule has 1 saturated heterocycles. The second kappa shape index (κ2) is 5.56. The summed E-state index contributed by atoms with van der Waals surface area (Å²) < 4.78 is 6.28. The average Bonchev–Trinajstić information content (AvgIpc) is 2.91. The fraction of sp³-hybridized carbons (Fsp3) is 0.588. The molecule has 1 amide bonds. The van der Waals surface area contributed by atoms with E-state index in [1.807, 2.05) is 0 Å². The molecule has 118 valence electrons. The zero-order chi connectivity index (χ0) is 15.1. The quantitative estimate of drug-likeness (QED) is 0.858. The molecule has 3 aliphatic heterocycles. The summed E-state index contributed by atoms with van der Waals surface area (Å²) in [5, 5.41) is 6.40. The first-order valence-electron chi connectivity index (χ1n) is 8.25. The van der Waals surface area contributed by atoms with Gasteiger partial charge in [0, 0.05) is 51.1 Å². The average molecular weight is 301 g/mol. The molecular weight excluding hydrogens is 278 g/mol. The number of fused-ring (bicyclic) bond motifs is 3. The van der Waals surface area contributed by atoms with Crippen LogP contribution in [0.25, 0.3) is 0 Å². The first-order valence-corrected chi connectivity index (χ1v) is 8.25. The number of nitrogens with zero attached hydrogens (tertiary/aromatic N) is 1. The van der Waals surface area contributed by atoms with E-state index in [0.29, 0.717) is 6.42 Å². The van der Waals surface area contributed by atoms with Crippen LogP contribution in [-0.2, 0) is 17.6 Å². The van der Waals surface area contributed by atoms with Crippen molar-refractivity contribution in [1.82, 2.24) is 10.2 Å². The van der Waals surface area contributed by atoms with Crippen molar-refractivity contribution in [2.24, 2.45) is 0 Å². The Labute approximate surface area is 131 Å². The summed E-state index contributed by atoms with van der Waals surface area (Å²) >= 11 is 0. The molecule has 1 aromatic rings. The molecule has 0 spiro atoms. The summed E-state index contributed by atoms with van der Waals surface area (Å²) in [6, 6.07) is 2.19. The maximum absolute atomic E-state index is 11.6. The van der Waals surface area contributed by atoms with Gasteiger partial charge in [0.05, 0.1) is 5.69 Å². The highest BCUT2D eigenvalue weighted by Gasteiger charge is 2.31. The maximum Gasteiger partial charge on any atom is 0.224 e. The number of amides is 1. The molecule has 0 saturated carbocycles. The molecule has 1 aromatic carbocycles. The van der Waals surface area contributed by atoms with Crippen LogP contribution in [0.4, 0.5) is 5.69 Å². The highest BCUT2D eigenvalue weighted by atomic mass is 16.5. The van der Waals surface area contributed by atoms with E-state index in [0.717, 1.165) is 62.6 Å². The lowest BCUT2D eigenvalue weighted by atomic mass is 9.94. The summed E-state index contributed by atoms with van der Waals surface area (Å²) in [6.07, 6.45) is 2.60. The predicted molar refractivity (Wildman–Crippen MR) is 85.6 cm³/mol. The van der Waals surface area contributed by atoms with Gasteiger partial charge in [0.2, 0.25) is 5.91 Å². The lowest BCUT2D eigenvalue weighted by molar-refractivity contribution is -0.116. The Kier molecular flexibility index (Phi) is 3.54. The standard InChI is InChI=1S/C17H23N3O2/c1-11-8-12-9-13(10-20-6-4-18-5-7-20)22-17(12)14-2-3-15(21)19-16(11)14/h8,13,18H,2-7,9-10H2,1H3,(H,19,21). The minimum Gasteiger partial charge on any atom is -0.488 e. The van der Waals surface area contributed by atoms with Crippen LogP contribution in [0.15, 0.2) is 6.07 Å². The minimum absolute atomic E-state index is 0.117. The molecule has 0 radical (unpaired) electrons. The molecule has 3 aliphatic rings. The van der Waals surface area contributed by atoms with Gasteiger partial charge < -0.3 is 15.4 Å². The second-order valence-corrected chi connectivity index (χ2v) is 6.58. The third kappa shape index (κ3) is 2.48. The van der Waals surface area contributed by atoms with E-state index in [4.69, 9.17) is 4.74 Å². The molecule has 1 unspecified atom stereocenters. The number of aryl methyl sites for hydroxylation is 1. The van der Waals surface area contributed by atoms with Crippen LogP contribution in [0, 0.1) is 6.92 Å². The van der Waals surface area contributed by atoms with Crippen molar-refractivity contribution in [1.29, 1.82) is 0 Å². The molecule has 5 heteroatoms. The van der Waals surface area contributed by atoms with Gasteiger partial charge in [0.1, 0.15) is 11.9 Å². The minimum atomic E-state index is 0.117. The van der Waals surface area contributed by atoms with Crippen molar-refractivity contribution >= 4 is 11.6 Å². The van der Waals surface area contributed by atoms with E-state index in [-0.39, 0.29) is 12.0 Å². The highest BCUT2D eigenvalue weighted by Crippen LogP contribution is 2.41. The van der Waals surface area contributed by atoms with E-state index < -0.39 is 0 Å². The van der Waals surface area contributed by atoms with E-state index in [1.54, 1.807) is 0 Å². The number of rotatable bonds is 2. The third-order valence-corrected chi connectivity index (χ3v) is 4.92. The Hall–Kier alpha value is -1.59. The first-order chi connectivity index (χ1) is 10.7. The normalized spacial score (nSPS) is 24.4. The van der Waals surface area contributed by atoms with Crippen LogP contribution in [0.2, 0.25) is 0 Å². The van der Waals surface area contributed by atoms with E-state index >= 15 is 0 Å². The van der Waals surface area contributed by atoms with Crippen LogP contribution >= 0.6 is 0 Å². The van der Waals surface area contributed by atoms with E-state index in [9.17, 15) is 4.79 Å². The number of carbonyl (C=O) groups is 1. The van der Waals surface area contributed by atoms with Gasteiger partial charge in [-0.1, -0.05) is 6.07 Å². The molecule has 1 fully saturated rings.